The Balaban J connectivity index is 3.69. The zero-order valence-electron chi connectivity index (χ0n) is 7.37. The molecule has 0 aromatic carbocycles. The molecule has 0 saturated heterocycles. The van der Waals surface area contributed by atoms with Crippen LogP contribution in [0.4, 0.5) is 0 Å². The predicted molar refractivity (Wildman–Crippen MR) is 49.8 cm³/mol. The van der Waals surface area contributed by atoms with Gasteiger partial charge >= 0.3 is 5.97 Å². The zero-order valence-corrected chi connectivity index (χ0v) is 8.27. The molecule has 0 saturated carbocycles. The van der Waals surface area contributed by atoms with E-state index in [1.54, 1.807) is 0 Å². The van der Waals surface area contributed by atoms with E-state index in [1.165, 1.54) is 0 Å². The largest absolute Gasteiger partial charge is 0.481 e. The summed E-state index contributed by atoms with van der Waals surface area (Å²) in [5.74, 6) is -0.800. The number of hydrogen-bond acceptors (Lipinski definition) is 2. The predicted octanol–water partition coefficient (Wildman–Crippen LogP) is 0.695. The van der Waals surface area contributed by atoms with E-state index in [0.717, 1.165) is 6.16 Å². The van der Waals surface area contributed by atoms with Gasteiger partial charge in [-0.2, -0.15) is 0 Å². The Morgan fingerprint density at radius 1 is 1.55 bits per heavy atom. The van der Waals surface area contributed by atoms with Crippen LogP contribution >= 0.6 is 7.26 Å². The van der Waals surface area contributed by atoms with Crippen molar-refractivity contribution in [3.8, 4) is 0 Å². The molecule has 0 amide bonds. The molecule has 0 radical (unpaired) electrons. The van der Waals surface area contributed by atoms with E-state index in [2.05, 4.69) is 20.0 Å². The van der Waals surface area contributed by atoms with Crippen LogP contribution in [-0.4, -0.2) is 43.3 Å². The molecule has 0 aliphatic carbocycles. The smallest absolute Gasteiger partial charge is 0.305 e. The fraction of sp³-hybridized carbons (Fsp3) is 0.857. The number of carboxylic acid groups (broad SMARTS) is 1. The van der Waals surface area contributed by atoms with Gasteiger partial charge in [0.25, 0.3) is 0 Å². The van der Waals surface area contributed by atoms with Crippen LogP contribution in [0.2, 0.25) is 0 Å². The van der Waals surface area contributed by atoms with Crippen LogP contribution in [0, 0.1) is 0 Å². The quantitative estimate of drug-likeness (QED) is 0.623. The lowest BCUT2D eigenvalue weighted by Crippen LogP contribution is -2.28. The van der Waals surface area contributed by atoms with Crippen LogP contribution in [0.1, 0.15) is 6.42 Å². The summed E-state index contributed by atoms with van der Waals surface area (Å²) in [6.45, 7) is 6.48. The van der Waals surface area contributed by atoms with E-state index in [0.29, 0.717) is 0 Å². The zero-order chi connectivity index (χ0) is 9.07. The molecule has 0 heterocycles. The van der Waals surface area contributed by atoms with Gasteiger partial charge in [0.05, 0.1) is 12.6 Å². The summed E-state index contributed by atoms with van der Waals surface area (Å²) >= 11 is 0. The number of carboxylic acids is 1. The molecule has 0 spiro atoms. The van der Waals surface area contributed by atoms with Gasteiger partial charge in [-0.1, -0.05) is 0 Å². The minimum absolute atomic E-state index is 0.0945. The lowest BCUT2D eigenvalue weighted by molar-refractivity contribution is -0.137. The molecule has 0 aliphatic heterocycles. The van der Waals surface area contributed by atoms with E-state index >= 15 is 0 Å². The molecule has 66 valence electrons. The second-order valence-corrected chi connectivity index (χ2v) is 8.78. The Hall–Kier alpha value is -0.140. The van der Waals surface area contributed by atoms with Gasteiger partial charge in [0.1, 0.15) is 0 Å². The van der Waals surface area contributed by atoms with Gasteiger partial charge in [0.15, 0.2) is 0 Å². The average molecular weight is 178 g/mol. The third-order valence-electron chi connectivity index (χ3n) is 1.22. The first-order valence-corrected chi connectivity index (χ1v) is 6.90. The highest BCUT2D eigenvalue weighted by molar-refractivity contribution is 7.73. The maximum absolute atomic E-state index is 10.2. The monoisotopic (exact) mass is 178 g/mol. The van der Waals surface area contributed by atoms with E-state index < -0.39 is 13.2 Å². The molecule has 0 aromatic rings. The van der Waals surface area contributed by atoms with Crippen LogP contribution in [0.3, 0.4) is 0 Å². The molecule has 1 atom stereocenters. The summed E-state index contributed by atoms with van der Waals surface area (Å²) in [6.07, 6.45) is 0.955. The van der Waals surface area contributed by atoms with Crippen LogP contribution < -0.4 is 5.73 Å². The first-order valence-electron chi connectivity index (χ1n) is 3.59. The molecule has 0 fully saturated rings. The van der Waals surface area contributed by atoms with Crippen LogP contribution in [0.5, 0.6) is 0 Å². The number of carbonyl (C=O) groups is 1. The van der Waals surface area contributed by atoms with Crippen LogP contribution in [0.15, 0.2) is 0 Å². The van der Waals surface area contributed by atoms with Gasteiger partial charge < -0.3 is 10.8 Å². The Morgan fingerprint density at radius 2 is 2.00 bits per heavy atom. The highest BCUT2D eigenvalue weighted by Gasteiger charge is 2.22. The van der Waals surface area contributed by atoms with Crippen molar-refractivity contribution in [3.05, 3.63) is 0 Å². The molecule has 11 heavy (non-hydrogen) atoms. The molecule has 0 aliphatic rings. The Labute approximate surface area is 68.3 Å². The lowest BCUT2D eigenvalue weighted by Gasteiger charge is -2.15. The van der Waals surface area contributed by atoms with E-state index in [9.17, 15) is 4.79 Å². The Bertz CT molecular complexity index is 142. The molecule has 4 heteroatoms. The van der Waals surface area contributed by atoms with Crippen molar-refractivity contribution in [1.82, 2.24) is 0 Å². The molecular formula is C7H17NO2P+. The maximum Gasteiger partial charge on any atom is 0.305 e. The van der Waals surface area contributed by atoms with Gasteiger partial charge in [-0.3, -0.25) is 4.79 Å². The van der Waals surface area contributed by atoms with Crippen LogP contribution in [-0.2, 0) is 4.79 Å². The van der Waals surface area contributed by atoms with Gasteiger partial charge in [-0.05, 0) is 0 Å². The van der Waals surface area contributed by atoms with Crippen molar-refractivity contribution < 1.29 is 9.90 Å². The molecule has 0 aromatic heterocycles. The van der Waals surface area contributed by atoms with Crippen LogP contribution in [0.25, 0.3) is 0 Å². The van der Waals surface area contributed by atoms with Crippen molar-refractivity contribution in [3.63, 3.8) is 0 Å². The molecule has 0 rings (SSSR count). The van der Waals surface area contributed by atoms with E-state index in [4.69, 9.17) is 10.8 Å². The Kier molecular flexibility index (Phi) is 3.98. The minimum Gasteiger partial charge on any atom is -0.481 e. The van der Waals surface area contributed by atoms with Gasteiger partial charge in [0.2, 0.25) is 0 Å². The summed E-state index contributed by atoms with van der Waals surface area (Å²) in [7, 11) is -0.916. The maximum atomic E-state index is 10.2. The highest BCUT2D eigenvalue weighted by atomic mass is 31.2. The molecule has 3 N–H and O–H groups in total. The van der Waals surface area contributed by atoms with Crippen molar-refractivity contribution >= 4 is 13.2 Å². The van der Waals surface area contributed by atoms with Gasteiger partial charge in [0, 0.05) is 33.3 Å². The molecule has 0 unspecified atom stereocenters. The third-order valence-corrected chi connectivity index (χ3v) is 2.78. The summed E-state index contributed by atoms with van der Waals surface area (Å²) in [5, 5.41) is 8.41. The standard InChI is InChI=1S/C7H16NO2P/c1-11(2,3)5-6(8)4-7(9)10/h6H,4-5,8H2,1-3H3/p+1/t6-/m1/s1. The molecule has 3 nitrogen and oxygen atoms in total. The second-order valence-electron chi connectivity index (χ2n) is 3.83. The Morgan fingerprint density at radius 3 is 2.27 bits per heavy atom. The normalized spacial score (nSPS) is 14.5. The van der Waals surface area contributed by atoms with E-state index in [-0.39, 0.29) is 12.5 Å². The molecular weight excluding hydrogens is 161 g/mol. The number of nitrogens with two attached hydrogens (primary N) is 1. The summed E-state index contributed by atoms with van der Waals surface area (Å²) in [4.78, 5) is 10.2. The lowest BCUT2D eigenvalue weighted by atomic mass is 10.2. The summed E-state index contributed by atoms with van der Waals surface area (Å²) < 4.78 is 0. The topological polar surface area (TPSA) is 63.3 Å². The number of hydrogen-bond donors (Lipinski definition) is 2. The average Bonchev–Trinajstić information content (AvgIpc) is 1.53. The SMILES string of the molecule is C[P+](C)(C)C[C@H](N)CC(=O)O. The van der Waals surface area contributed by atoms with Gasteiger partial charge in [-0.25, -0.2) is 0 Å². The first-order chi connectivity index (χ1) is 4.81. The van der Waals surface area contributed by atoms with Gasteiger partial charge in [-0.15, -0.1) is 0 Å². The fourth-order valence-corrected chi connectivity index (χ4v) is 2.53. The second kappa shape index (κ2) is 4.03. The van der Waals surface area contributed by atoms with E-state index in [1.807, 2.05) is 0 Å². The first kappa shape index (κ1) is 10.9. The number of aliphatic carboxylic acids is 1. The number of rotatable bonds is 4. The van der Waals surface area contributed by atoms with Crippen molar-refractivity contribution in [2.75, 3.05) is 26.2 Å². The van der Waals surface area contributed by atoms with Crippen molar-refractivity contribution in [2.24, 2.45) is 5.73 Å². The van der Waals surface area contributed by atoms with Crippen molar-refractivity contribution in [2.45, 2.75) is 12.5 Å². The third kappa shape index (κ3) is 7.76. The minimum atomic E-state index is -0.916. The summed E-state index contributed by atoms with van der Waals surface area (Å²) in [6, 6.07) is -0.166. The highest BCUT2D eigenvalue weighted by Crippen LogP contribution is 2.46. The molecule has 0 bridgehead atoms. The fourth-order valence-electron chi connectivity index (χ4n) is 0.992. The van der Waals surface area contributed by atoms with Crippen molar-refractivity contribution in [1.29, 1.82) is 0 Å². The summed E-state index contributed by atoms with van der Waals surface area (Å²) in [5.41, 5.74) is 5.61.